The molecule has 0 spiro atoms. The average Bonchev–Trinajstić information content (AvgIpc) is 2.95. The first-order valence-corrected chi connectivity index (χ1v) is 7.49. The summed E-state index contributed by atoms with van der Waals surface area (Å²) >= 11 is 0. The van der Waals surface area contributed by atoms with Crippen LogP contribution in [-0.2, 0) is 4.74 Å². The lowest BCUT2D eigenvalue weighted by molar-refractivity contribution is 0.0417. The van der Waals surface area contributed by atoms with Gasteiger partial charge in [-0.3, -0.25) is 4.99 Å². The Morgan fingerprint density at radius 1 is 1.30 bits per heavy atom. The molecular formula is C14H30IN3O2. The van der Waals surface area contributed by atoms with Crippen LogP contribution in [0.25, 0.3) is 0 Å². The van der Waals surface area contributed by atoms with Crippen LogP contribution < -0.4 is 10.6 Å². The van der Waals surface area contributed by atoms with E-state index in [2.05, 4.69) is 15.6 Å². The zero-order valence-corrected chi connectivity index (χ0v) is 15.3. The highest BCUT2D eigenvalue weighted by Crippen LogP contribution is 2.14. The summed E-state index contributed by atoms with van der Waals surface area (Å²) in [5, 5.41) is 16.7. The predicted molar refractivity (Wildman–Crippen MR) is 93.9 cm³/mol. The van der Waals surface area contributed by atoms with E-state index in [1.54, 1.807) is 0 Å². The summed E-state index contributed by atoms with van der Waals surface area (Å²) in [5.74, 6) is 0.762. The molecule has 1 heterocycles. The fraction of sp³-hybridized carbons (Fsp3) is 0.929. The van der Waals surface area contributed by atoms with Gasteiger partial charge >= 0.3 is 0 Å². The molecule has 0 radical (unpaired) electrons. The average molecular weight is 399 g/mol. The molecule has 0 amide bonds. The van der Waals surface area contributed by atoms with Crippen molar-refractivity contribution in [2.45, 2.75) is 58.2 Å². The molecule has 1 fully saturated rings. The minimum absolute atomic E-state index is 0. The number of ether oxygens (including phenoxy) is 1. The summed E-state index contributed by atoms with van der Waals surface area (Å²) in [6, 6.07) is 0. The van der Waals surface area contributed by atoms with Crippen molar-refractivity contribution in [3.8, 4) is 0 Å². The molecule has 0 saturated carbocycles. The highest BCUT2D eigenvalue weighted by atomic mass is 127. The first kappa shape index (κ1) is 19.9. The second kappa shape index (κ2) is 10.6. The van der Waals surface area contributed by atoms with Crippen molar-refractivity contribution >= 4 is 29.9 Å². The zero-order valence-electron chi connectivity index (χ0n) is 12.9. The summed E-state index contributed by atoms with van der Waals surface area (Å²) in [6.45, 7) is 8.91. The van der Waals surface area contributed by atoms with Gasteiger partial charge in [0.05, 0.1) is 18.2 Å². The largest absolute Gasteiger partial charge is 0.388 e. The van der Waals surface area contributed by atoms with E-state index in [9.17, 15) is 5.11 Å². The third-order valence-corrected chi connectivity index (χ3v) is 3.71. The van der Waals surface area contributed by atoms with Crippen LogP contribution in [-0.4, -0.2) is 49.0 Å². The Hall–Kier alpha value is -0.0800. The Morgan fingerprint density at radius 3 is 2.50 bits per heavy atom. The fourth-order valence-electron chi connectivity index (χ4n) is 2.06. The van der Waals surface area contributed by atoms with E-state index in [1.165, 1.54) is 0 Å². The summed E-state index contributed by atoms with van der Waals surface area (Å²) in [4.78, 5) is 4.48. The molecule has 1 aliphatic heterocycles. The van der Waals surface area contributed by atoms with Gasteiger partial charge in [0, 0.05) is 19.7 Å². The smallest absolute Gasteiger partial charge is 0.191 e. The van der Waals surface area contributed by atoms with Crippen LogP contribution in [0.4, 0.5) is 0 Å². The number of hydrogen-bond acceptors (Lipinski definition) is 3. The van der Waals surface area contributed by atoms with Crippen LogP contribution >= 0.6 is 24.0 Å². The van der Waals surface area contributed by atoms with Crippen molar-refractivity contribution in [1.29, 1.82) is 0 Å². The van der Waals surface area contributed by atoms with Gasteiger partial charge in [0.1, 0.15) is 0 Å². The Morgan fingerprint density at radius 2 is 2.00 bits per heavy atom. The van der Waals surface area contributed by atoms with Gasteiger partial charge in [-0.15, -0.1) is 24.0 Å². The highest BCUT2D eigenvalue weighted by Gasteiger charge is 2.22. The van der Waals surface area contributed by atoms with Gasteiger partial charge in [-0.05, 0) is 32.6 Å². The molecule has 1 rings (SSSR count). The van der Waals surface area contributed by atoms with Gasteiger partial charge in [0.25, 0.3) is 0 Å². The Labute approximate surface area is 140 Å². The van der Waals surface area contributed by atoms with Crippen molar-refractivity contribution in [1.82, 2.24) is 10.6 Å². The third-order valence-electron chi connectivity index (χ3n) is 3.71. The number of aliphatic hydroxyl groups is 1. The standard InChI is InChI=1S/C14H29N3O2.HI/c1-4-14(18,5-2)11-17-13(15-6-3)16-10-12-8-7-9-19-12;/h12,18H,4-11H2,1-3H3,(H2,15,16,17);1H. The molecule has 0 aromatic rings. The number of aliphatic imine (C=N–C) groups is 1. The van der Waals surface area contributed by atoms with Gasteiger partial charge in [-0.1, -0.05) is 13.8 Å². The number of guanidine groups is 1. The fourth-order valence-corrected chi connectivity index (χ4v) is 2.06. The summed E-state index contributed by atoms with van der Waals surface area (Å²) in [5.41, 5.74) is -0.688. The molecule has 0 aromatic carbocycles. The van der Waals surface area contributed by atoms with E-state index in [0.717, 1.165) is 51.3 Å². The van der Waals surface area contributed by atoms with E-state index in [0.29, 0.717) is 12.6 Å². The van der Waals surface area contributed by atoms with Crippen LogP contribution in [0.5, 0.6) is 0 Å². The quantitative estimate of drug-likeness (QED) is 0.348. The van der Waals surface area contributed by atoms with Gasteiger partial charge in [-0.25, -0.2) is 0 Å². The van der Waals surface area contributed by atoms with Crippen LogP contribution in [0, 0.1) is 0 Å². The van der Waals surface area contributed by atoms with Gasteiger partial charge < -0.3 is 20.5 Å². The minimum Gasteiger partial charge on any atom is -0.388 e. The minimum atomic E-state index is -0.688. The van der Waals surface area contributed by atoms with E-state index in [4.69, 9.17) is 4.74 Å². The predicted octanol–water partition coefficient (Wildman–Crippen LogP) is 1.89. The molecule has 120 valence electrons. The van der Waals surface area contributed by atoms with Crippen molar-refractivity contribution in [3.05, 3.63) is 0 Å². The van der Waals surface area contributed by atoms with Crippen molar-refractivity contribution in [2.75, 3.05) is 26.2 Å². The monoisotopic (exact) mass is 399 g/mol. The lowest BCUT2D eigenvalue weighted by Gasteiger charge is -2.23. The molecule has 0 aliphatic carbocycles. The van der Waals surface area contributed by atoms with Gasteiger partial charge in [-0.2, -0.15) is 0 Å². The Balaban J connectivity index is 0.00000361. The molecule has 1 saturated heterocycles. The third kappa shape index (κ3) is 7.08. The number of rotatable bonds is 7. The molecule has 0 bridgehead atoms. The highest BCUT2D eigenvalue weighted by molar-refractivity contribution is 14.0. The zero-order chi connectivity index (χ0) is 14.1. The molecule has 1 aliphatic rings. The summed E-state index contributed by atoms with van der Waals surface area (Å²) in [7, 11) is 0. The van der Waals surface area contributed by atoms with Crippen LogP contribution in [0.3, 0.4) is 0 Å². The van der Waals surface area contributed by atoms with Gasteiger partial charge in [0.2, 0.25) is 0 Å². The molecule has 20 heavy (non-hydrogen) atoms. The maximum atomic E-state index is 10.2. The van der Waals surface area contributed by atoms with E-state index in [-0.39, 0.29) is 24.0 Å². The Kier molecular flexibility index (Phi) is 10.6. The molecule has 5 nitrogen and oxygen atoms in total. The first-order valence-electron chi connectivity index (χ1n) is 7.49. The number of nitrogens with one attached hydrogen (secondary N) is 2. The van der Waals surface area contributed by atoms with Crippen LogP contribution in [0.15, 0.2) is 4.99 Å². The Bertz CT molecular complexity index is 278. The molecule has 1 unspecified atom stereocenters. The van der Waals surface area contributed by atoms with E-state index in [1.807, 2.05) is 20.8 Å². The second-order valence-electron chi connectivity index (χ2n) is 5.14. The molecule has 1 atom stereocenters. The lowest BCUT2D eigenvalue weighted by atomic mass is 9.98. The molecule has 6 heteroatoms. The van der Waals surface area contributed by atoms with E-state index < -0.39 is 5.60 Å². The second-order valence-corrected chi connectivity index (χ2v) is 5.14. The van der Waals surface area contributed by atoms with Gasteiger partial charge in [0.15, 0.2) is 5.96 Å². The molecular weight excluding hydrogens is 369 g/mol. The normalized spacial score (nSPS) is 19.6. The van der Waals surface area contributed by atoms with Crippen molar-refractivity contribution in [2.24, 2.45) is 4.99 Å². The SMILES string of the molecule is CCNC(=NCC(O)(CC)CC)NCC1CCCO1.I. The van der Waals surface area contributed by atoms with E-state index >= 15 is 0 Å². The lowest BCUT2D eigenvalue weighted by Crippen LogP contribution is -2.42. The van der Waals surface area contributed by atoms with Crippen LogP contribution in [0.2, 0.25) is 0 Å². The summed E-state index contributed by atoms with van der Waals surface area (Å²) < 4.78 is 5.57. The maximum Gasteiger partial charge on any atom is 0.191 e. The number of hydrogen-bond donors (Lipinski definition) is 3. The molecule has 0 aromatic heterocycles. The van der Waals surface area contributed by atoms with Crippen LogP contribution in [0.1, 0.15) is 46.5 Å². The maximum absolute atomic E-state index is 10.2. The number of nitrogens with zero attached hydrogens (tertiary/aromatic N) is 1. The molecule has 3 N–H and O–H groups in total. The van der Waals surface area contributed by atoms with Crippen molar-refractivity contribution < 1.29 is 9.84 Å². The topological polar surface area (TPSA) is 65.9 Å². The summed E-state index contributed by atoms with van der Waals surface area (Å²) in [6.07, 6.45) is 3.99. The first-order chi connectivity index (χ1) is 9.13. The van der Waals surface area contributed by atoms with Crippen molar-refractivity contribution in [3.63, 3.8) is 0 Å². The number of halogens is 1.